The first kappa shape index (κ1) is 18.5. The maximum Gasteiger partial charge on any atom is 0.357 e. The number of anilines is 2. The van der Waals surface area contributed by atoms with Crippen molar-refractivity contribution in [2.24, 2.45) is 0 Å². The highest BCUT2D eigenvalue weighted by Crippen LogP contribution is 2.20. The summed E-state index contributed by atoms with van der Waals surface area (Å²) >= 11 is 1.06. The van der Waals surface area contributed by atoms with E-state index >= 15 is 0 Å². The van der Waals surface area contributed by atoms with E-state index in [9.17, 15) is 19.2 Å². The average molecular weight is 388 g/mol. The number of rotatable bonds is 5. The number of nitrogens with zero attached hydrogens (tertiary/aromatic N) is 1. The summed E-state index contributed by atoms with van der Waals surface area (Å²) in [6.45, 7) is 1.90. The zero-order valence-electron chi connectivity index (χ0n) is 14.3. The molecule has 9 nitrogen and oxygen atoms in total. The van der Waals surface area contributed by atoms with Gasteiger partial charge in [-0.3, -0.25) is 14.4 Å². The summed E-state index contributed by atoms with van der Waals surface area (Å²) in [5, 5.41) is 9.34. The van der Waals surface area contributed by atoms with Gasteiger partial charge in [0.1, 0.15) is 6.04 Å². The van der Waals surface area contributed by atoms with Crippen LogP contribution in [-0.4, -0.2) is 41.3 Å². The summed E-state index contributed by atoms with van der Waals surface area (Å²) < 4.78 is 4.83. The molecule has 3 rings (SSSR count). The van der Waals surface area contributed by atoms with Gasteiger partial charge in [0.05, 0.1) is 24.3 Å². The lowest BCUT2D eigenvalue weighted by atomic mass is 10.1. The van der Waals surface area contributed by atoms with Gasteiger partial charge in [-0.25, -0.2) is 9.78 Å². The van der Waals surface area contributed by atoms with Gasteiger partial charge in [0.25, 0.3) is 5.91 Å². The summed E-state index contributed by atoms with van der Waals surface area (Å²) in [6.07, 6.45) is -0.278. The van der Waals surface area contributed by atoms with Crippen LogP contribution in [0.25, 0.3) is 0 Å². The number of ether oxygens (including phenoxy) is 1. The number of thiazole rings is 1. The predicted octanol–water partition coefficient (Wildman–Crippen LogP) is 1.40. The van der Waals surface area contributed by atoms with Gasteiger partial charge >= 0.3 is 5.97 Å². The molecule has 1 aromatic heterocycles. The third-order valence-corrected chi connectivity index (χ3v) is 4.43. The second kappa shape index (κ2) is 7.96. The van der Waals surface area contributed by atoms with Crippen molar-refractivity contribution in [1.29, 1.82) is 0 Å². The van der Waals surface area contributed by atoms with Crippen molar-refractivity contribution in [3.05, 3.63) is 40.9 Å². The van der Waals surface area contributed by atoms with Crippen LogP contribution in [0, 0.1) is 0 Å². The fourth-order valence-electron chi connectivity index (χ4n) is 2.44. The molecule has 27 heavy (non-hydrogen) atoms. The molecule has 1 aliphatic heterocycles. The second-order valence-electron chi connectivity index (χ2n) is 5.57. The van der Waals surface area contributed by atoms with E-state index < -0.39 is 29.7 Å². The molecular formula is C17H16N4O5S. The predicted molar refractivity (Wildman–Crippen MR) is 97.6 cm³/mol. The smallest absolute Gasteiger partial charge is 0.357 e. The van der Waals surface area contributed by atoms with E-state index in [1.165, 1.54) is 5.38 Å². The van der Waals surface area contributed by atoms with Gasteiger partial charge in [0, 0.05) is 5.38 Å². The fraction of sp³-hybridized carbons (Fsp3) is 0.235. The summed E-state index contributed by atoms with van der Waals surface area (Å²) in [5.41, 5.74) is 0.808. The molecule has 0 fully saturated rings. The standard InChI is InChI=1S/C17H16N4O5S/c1-2-26-16(25)12-8-27-17(20-12)21-13(22)7-11-15(24)18-10-6-4-3-5-9(10)14(23)19-11/h3-6,8,11H,2,7H2,1H3,(H,18,24)(H,19,23)(H,20,21,22). The molecule has 2 heterocycles. The second-order valence-corrected chi connectivity index (χ2v) is 6.43. The maximum atomic E-state index is 12.3. The number of esters is 1. The van der Waals surface area contributed by atoms with Crippen molar-refractivity contribution in [3.63, 3.8) is 0 Å². The molecule has 0 spiro atoms. The number of aromatic nitrogens is 1. The van der Waals surface area contributed by atoms with E-state index in [4.69, 9.17) is 4.74 Å². The quantitative estimate of drug-likeness (QED) is 0.665. The Balaban J connectivity index is 1.64. The van der Waals surface area contributed by atoms with Crippen LogP contribution in [0.3, 0.4) is 0 Å². The molecule has 2 aromatic rings. The lowest BCUT2D eigenvalue weighted by molar-refractivity contribution is -0.122. The number of carbonyl (C=O) groups excluding carboxylic acids is 4. The largest absolute Gasteiger partial charge is 0.461 e. The van der Waals surface area contributed by atoms with Gasteiger partial charge in [0.2, 0.25) is 11.8 Å². The molecule has 3 N–H and O–H groups in total. The number of benzene rings is 1. The molecule has 0 saturated heterocycles. The molecule has 0 aliphatic carbocycles. The molecule has 0 saturated carbocycles. The molecule has 0 bridgehead atoms. The number of carbonyl (C=O) groups is 4. The first-order chi connectivity index (χ1) is 13.0. The molecule has 1 aromatic carbocycles. The maximum absolute atomic E-state index is 12.3. The van der Waals surface area contributed by atoms with Crippen LogP contribution < -0.4 is 16.0 Å². The first-order valence-electron chi connectivity index (χ1n) is 8.11. The summed E-state index contributed by atoms with van der Waals surface area (Å²) in [5.74, 6) is -2.04. The summed E-state index contributed by atoms with van der Waals surface area (Å²) in [7, 11) is 0. The zero-order valence-corrected chi connectivity index (χ0v) is 15.1. The number of hydrogen-bond donors (Lipinski definition) is 3. The molecule has 1 aliphatic rings. The summed E-state index contributed by atoms with van der Waals surface area (Å²) in [6, 6.07) is 5.54. The van der Waals surface area contributed by atoms with Gasteiger partial charge in [-0.05, 0) is 19.1 Å². The topological polar surface area (TPSA) is 126 Å². The SMILES string of the molecule is CCOC(=O)c1csc(NC(=O)CC2NC(=O)c3ccccc3NC2=O)n1. The van der Waals surface area contributed by atoms with E-state index in [2.05, 4.69) is 20.9 Å². The van der Waals surface area contributed by atoms with Gasteiger partial charge < -0.3 is 20.7 Å². The van der Waals surface area contributed by atoms with E-state index in [-0.39, 0.29) is 23.9 Å². The van der Waals surface area contributed by atoms with E-state index in [1.54, 1.807) is 31.2 Å². The average Bonchev–Trinajstić information content (AvgIpc) is 3.05. The van der Waals surface area contributed by atoms with Crippen molar-refractivity contribution < 1.29 is 23.9 Å². The number of hydrogen-bond acceptors (Lipinski definition) is 7. The Hall–Kier alpha value is -3.27. The molecule has 0 radical (unpaired) electrons. The van der Waals surface area contributed by atoms with E-state index in [0.717, 1.165) is 11.3 Å². The fourth-order valence-corrected chi connectivity index (χ4v) is 3.14. The normalized spacial score (nSPS) is 15.8. The van der Waals surface area contributed by atoms with Crippen LogP contribution in [-0.2, 0) is 14.3 Å². The van der Waals surface area contributed by atoms with Crippen LogP contribution in [0.15, 0.2) is 29.6 Å². The van der Waals surface area contributed by atoms with Crippen LogP contribution >= 0.6 is 11.3 Å². The van der Waals surface area contributed by atoms with Crippen molar-refractivity contribution in [2.75, 3.05) is 17.2 Å². The Bertz CT molecular complexity index is 910. The minimum Gasteiger partial charge on any atom is -0.461 e. The van der Waals surface area contributed by atoms with Crippen LogP contribution in [0.1, 0.15) is 34.2 Å². The van der Waals surface area contributed by atoms with Crippen molar-refractivity contribution in [1.82, 2.24) is 10.3 Å². The monoisotopic (exact) mass is 388 g/mol. The minimum atomic E-state index is -1.03. The number of para-hydroxylation sites is 1. The Kier molecular flexibility index (Phi) is 5.46. The lowest BCUT2D eigenvalue weighted by Crippen LogP contribution is -2.43. The number of amides is 3. The van der Waals surface area contributed by atoms with Gasteiger partial charge in [-0.1, -0.05) is 12.1 Å². The highest BCUT2D eigenvalue weighted by atomic mass is 32.1. The highest BCUT2D eigenvalue weighted by molar-refractivity contribution is 7.14. The van der Waals surface area contributed by atoms with Crippen molar-refractivity contribution in [3.8, 4) is 0 Å². The van der Waals surface area contributed by atoms with E-state index in [1.807, 2.05) is 0 Å². The molecule has 140 valence electrons. The van der Waals surface area contributed by atoms with Crippen molar-refractivity contribution >= 4 is 45.8 Å². The van der Waals surface area contributed by atoms with Crippen LogP contribution in [0.2, 0.25) is 0 Å². The molecule has 1 atom stereocenters. The van der Waals surface area contributed by atoms with Gasteiger partial charge in [0.15, 0.2) is 10.8 Å². The van der Waals surface area contributed by atoms with Gasteiger partial charge in [-0.15, -0.1) is 11.3 Å². The van der Waals surface area contributed by atoms with Gasteiger partial charge in [-0.2, -0.15) is 0 Å². The lowest BCUT2D eigenvalue weighted by Gasteiger charge is -2.13. The zero-order chi connectivity index (χ0) is 19.4. The molecule has 10 heteroatoms. The minimum absolute atomic E-state index is 0.0908. The third kappa shape index (κ3) is 4.29. The Morgan fingerprint density at radius 2 is 2.07 bits per heavy atom. The number of nitrogens with one attached hydrogen (secondary N) is 3. The van der Waals surface area contributed by atoms with Crippen LogP contribution in [0.5, 0.6) is 0 Å². The summed E-state index contributed by atoms with van der Waals surface area (Å²) in [4.78, 5) is 52.3. The molecule has 3 amide bonds. The van der Waals surface area contributed by atoms with Crippen LogP contribution in [0.4, 0.5) is 10.8 Å². The van der Waals surface area contributed by atoms with E-state index in [0.29, 0.717) is 11.3 Å². The first-order valence-corrected chi connectivity index (χ1v) is 8.99. The third-order valence-electron chi connectivity index (χ3n) is 3.68. The highest BCUT2D eigenvalue weighted by Gasteiger charge is 2.29. The Morgan fingerprint density at radius 3 is 2.85 bits per heavy atom. The molecular weight excluding hydrogens is 372 g/mol. The molecule has 1 unspecified atom stereocenters. The Labute approximate surface area is 158 Å². The number of fused-ring (bicyclic) bond motifs is 1. The van der Waals surface area contributed by atoms with Crippen molar-refractivity contribution in [2.45, 2.75) is 19.4 Å². The Morgan fingerprint density at radius 1 is 1.30 bits per heavy atom.